The van der Waals surface area contributed by atoms with Gasteiger partial charge in [-0.2, -0.15) is 0 Å². The predicted molar refractivity (Wildman–Crippen MR) is 118 cm³/mol. The van der Waals surface area contributed by atoms with E-state index < -0.39 is 7.92 Å². The molecule has 3 nitrogen and oxygen atoms in total. The molecule has 5 heteroatoms. The summed E-state index contributed by atoms with van der Waals surface area (Å²) in [5.41, 5.74) is 0.654. The highest BCUT2D eigenvalue weighted by atomic mass is 127. The van der Waals surface area contributed by atoms with Gasteiger partial charge in [0, 0.05) is 5.56 Å². The highest BCUT2D eigenvalue weighted by Gasteiger charge is 2.22. The van der Waals surface area contributed by atoms with E-state index in [0.29, 0.717) is 5.56 Å². The fraction of sp³-hybridized carbons (Fsp3) is 0.0952. The van der Waals surface area contributed by atoms with Gasteiger partial charge in [0.2, 0.25) is 0 Å². The summed E-state index contributed by atoms with van der Waals surface area (Å²) >= 11 is 2.02. The maximum Gasteiger partial charge on any atom is 0.252 e. The first-order valence-electron chi connectivity index (χ1n) is 8.26. The number of aliphatic hydroxyl groups excluding tert-OH is 1. The molecule has 1 amide bonds. The maximum absolute atomic E-state index is 12.8. The van der Waals surface area contributed by atoms with Crippen LogP contribution in [0.1, 0.15) is 10.4 Å². The van der Waals surface area contributed by atoms with Gasteiger partial charge in [-0.3, -0.25) is 4.79 Å². The standard InChI is InChI=1S/C21H19INO2P/c22-20(15-24)23-21(25)18-13-7-8-14-19(18)26(16-9-3-1-4-10-16)17-11-5-2-6-12-17/h1-14,20,24H,15H2,(H,23,25)/t20-/m1/s1. The van der Waals surface area contributed by atoms with Crippen molar-refractivity contribution in [2.24, 2.45) is 0 Å². The molecule has 0 fully saturated rings. The number of nitrogens with one attached hydrogen (secondary N) is 1. The average molecular weight is 475 g/mol. The highest BCUT2D eigenvalue weighted by molar-refractivity contribution is 14.1. The zero-order chi connectivity index (χ0) is 18.4. The average Bonchev–Trinajstić information content (AvgIpc) is 2.70. The number of aliphatic hydroxyl groups is 1. The van der Waals surface area contributed by atoms with Crippen molar-refractivity contribution < 1.29 is 9.90 Å². The summed E-state index contributed by atoms with van der Waals surface area (Å²) in [6, 6.07) is 28.3. The van der Waals surface area contributed by atoms with Gasteiger partial charge in [0.1, 0.15) is 4.05 Å². The minimum Gasteiger partial charge on any atom is -0.393 e. The van der Waals surface area contributed by atoms with E-state index in [1.807, 2.05) is 83.3 Å². The summed E-state index contributed by atoms with van der Waals surface area (Å²) in [6.07, 6.45) is 0. The quantitative estimate of drug-likeness (QED) is 0.250. The molecule has 0 aliphatic heterocycles. The van der Waals surface area contributed by atoms with Crippen molar-refractivity contribution in [3.63, 3.8) is 0 Å². The van der Waals surface area contributed by atoms with Crippen molar-refractivity contribution in [3.05, 3.63) is 90.5 Å². The Kier molecular flexibility index (Phi) is 6.78. The molecule has 0 aromatic heterocycles. The number of hydrogen-bond acceptors (Lipinski definition) is 2. The van der Waals surface area contributed by atoms with Gasteiger partial charge in [-0.25, -0.2) is 0 Å². The van der Waals surface area contributed by atoms with Crippen LogP contribution in [0.3, 0.4) is 0 Å². The molecule has 0 bridgehead atoms. The lowest BCUT2D eigenvalue weighted by atomic mass is 10.2. The summed E-state index contributed by atoms with van der Waals surface area (Å²) in [7, 11) is -0.854. The monoisotopic (exact) mass is 475 g/mol. The highest BCUT2D eigenvalue weighted by Crippen LogP contribution is 2.34. The van der Waals surface area contributed by atoms with Gasteiger partial charge in [0.25, 0.3) is 5.91 Å². The van der Waals surface area contributed by atoms with E-state index in [0.717, 1.165) is 5.30 Å². The second kappa shape index (κ2) is 9.26. The van der Waals surface area contributed by atoms with Gasteiger partial charge in [0.15, 0.2) is 0 Å². The summed E-state index contributed by atoms with van der Waals surface area (Å²) in [6.45, 7) is -0.0966. The number of benzene rings is 3. The molecule has 2 N–H and O–H groups in total. The van der Waals surface area contributed by atoms with Crippen molar-refractivity contribution in [3.8, 4) is 0 Å². The summed E-state index contributed by atoms with van der Waals surface area (Å²) in [5, 5.41) is 15.5. The SMILES string of the molecule is O=C(N[C@@H](I)CO)c1ccccc1P(c1ccccc1)c1ccccc1. The first kappa shape index (κ1) is 19.0. The number of halogens is 1. The van der Waals surface area contributed by atoms with Gasteiger partial charge in [0.05, 0.1) is 6.61 Å². The predicted octanol–water partition coefficient (Wildman–Crippen LogP) is 2.93. The van der Waals surface area contributed by atoms with Crippen LogP contribution >= 0.6 is 30.5 Å². The van der Waals surface area contributed by atoms with Crippen LogP contribution in [0.2, 0.25) is 0 Å². The first-order chi connectivity index (χ1) is 12.7. The zero-order valence-corrected chi connectivity index (χ0v) is 17.1. The molecule has 3 aromatic rings. The van der Waals surface area contributed by atoms with Gasteiger partial charge in [-0.1, -0.05) is 101 Å². The normalized spacial score (nSPS) is 12.0. The van der Waals surface area contributed by atoms with Crippen molar-refractivity contribution in [1.82, 2.24) is 5.32 Å². The number of carbonyl (C=O) groups excluding carboxylic acids is 1. The molecular weight excluding hydrogens is 456 g/mol. The van der Waals surface area contributed by atoms with E-state index in [1.54, 1.807) is 0 Å². The molecule has 0 unspecified atom stereocenters. The molecule has 0 radical (unpaired) electrons. The number of hydrogen-bond donors (Lipinski definition) is 2. The number of carbonyl (C=O) groups is 1. The Bertz CT molecular complexity index is 819. The number of rotatable bonds is 6. The molecule has 132 valence electrons. The first-order valence-corrected chi connectivity index (χ1v) is 10.8. The van der Waals surface area contributed by atoms with E-state index in [2.05, 4.69) is 29.6 Å². The van der Waals surface area contributed by atoms with Crippen LogP contribution in [0.4, 0.5) is 0 Å². The molecular formula is C21H19INO2P. The topological polar surface area (TPSA) is 49.3 Å². The molecule has 0 saturated heterocycles. The molecule has 0 aliphatic rings. The minimum atomic E-state index is -0.854. The Hall–Kier alpha value is -1.75. The van der Waals surface area contributed by atoms with E-state index in [9.17, 15) is 9.90 Å². The van der Waals surface area contributed by atoms with Crippen LogP contribution < -0.4 is 21.2 Å². The van der Waals surface area contributed by atoms with E-state index in [4.69, 9.17) is 0 Å². The van der Waals surface area contributed by atoms with E-state index in [1.165, 1.54) is 10.6 Å². The lowest BCUT2D eigenvalue weighted by Gasteiger charge is -2.22. The van der Waals surface area contributed by atoms with Crippen molar-refractivity contribution in [1.29, 1.82) is 0 Å². The largest absolute Gasteiger partial charge is 0.393 e. The zero-order valence-electron chi connectivity index (χ0n) is 14.0. The third-order valence-electron chi connectivity index (χ3n) is 3.87. The second-order valence-corrected chi connectivity index (χ2v) is 9.34. The van der Waals surface area contributed by atoms with Crippen LogP contribution in [0.25, 0.3) is 0 Å². The molecule has 3 rings (SSSR count). The molecule has 0 heterocycles. The summed E-state index contributed by atoms with van der Waals surface area (Å²) in [4.78, 5) is 12.8. The Morgan fingerprint density at radius 1 is 0.885 bits per heavy atom. The molecule has 0 spiro atoms. The van der Waals surface area contributed by atoms with Gasteiger partial charge >= 0.3 is 0 Å². The summed E-state index contributed by atoms with van der Waals surface area (Å²) in [5.74, 6) is -0.159. The number of alkyl halides is 1. The third kappa shape index (κ3) is 4.50. The molecule has 0 aliphatic carbocycles. The molecule has 26 heavy (non-hydrogen) atoms. The number of amides is 1. The smallest absolute Gasteiger partial charge is 0.252 e. The van der Waals surface area contributed by atoms with E-state index >= 15 is 0 Å². The van der Waals surface area contributed by atoms with Crippen molar-refractivity contribution in [2.75, 3.05) is 6.61 Å². The Balaban J connectivity index is 2.10. The third-order valence-corrected chi connectivity index (χ3v) is 7.07. The van der Waals surface area contributed by atoms with Gasteiger partial charge in [-0.05, 0) is 29.9 Å². The van der Waals surface area contributed by atoms with Crippen molar-refractivity contribution in [2.45, 2.75) is 4.05 Å². The molecule has 1 atom stereocenters. The fourth-order valence-electron chi connectivity index (χ4n) is 2.71. The molecule has 3 aromatic carbocycles. The van der Waals surface area contributed by atoms with Gasteiger partial charge in [-0.15, -0.1) is 0 Å². The summed E-state index contributed by atoms with van der Waals surface area (Å²) < 4.78 is -0.312. The Labute approximate surface area is 168 Å². The minimum absolute atomic E-state index is 0.0966. The maximum atomic E-state index is 12.8. The van der Waals surface area contributed by atoms with Crippen LogP contribution in [-0.2, 0) is 0 Å². The Morgan fingerprint density at radius 2 is 1.38 bits per heavy atom. The lowest BCUT2D eigenvalue weighted by molar-refractivity contribution is 0.0942. The Morgan fingerprint density at radius 3 is 1.92 bits per heavy atom. The van der Waals surface area contributed by atoms with Crippen molar-refractivity contribution >= 4 is 52.3 Å². The van der Waals surface area contributed by atoms with Crippen LogP contribution in [0.15, 0.2) is 84.9 Å². The van der Waals surface area contributed by atoms with Crippen LogP contribution in [0, 0.1) is 0 Å². The van der Waals surface area contributed by atoms with Crippen LogP contribution in [-0.4, -0.2) is 21.7 Å². The lowest BCUT2D eigenvalue weighted by Crippen LogP contribution is -2.36. The fourth-order valence-corrected chi connectivity index (χ4v) is 5.44. The van der Waals surface area contributed by atoms with Crippen LogP contribution in [0.5, 0.6) is 0 Å². The van der Waals surface area contributed by atoms with E-state index in [-0.39, 0.29) is 16.6 Å². The molecule has 0 saturated carbocycles. The second-order valence-electron chi connectivity index (χ2n) is 5.65. The van der Waals surface area contributed by atoms with Gasteiger partial charge < -0.3 is 10.4 Å².